The van der Waals surface area contributed by atoms with Gasteiger partial charge in [0, 0.05) is 7.05 Å². The van der Waals surface area contributed by atoms with E-state index in [0.29, 0.717) is 12.2 Å². The number of thioether (sulfide) groups is 1. The Morgan fingerprint density at radius 2 is 2.19 bits per heavy atom. The molecule has 0 saturated heterocycles. The zero-order chi connectivity index (χ0) is 15.8. The molecule has 21 heavy (non-hydrogen) atoms. The molecule has 0 aliphatic rings. The second-order valence-corrected chi connectivity index (χ2v) is 5.36. The summed E-state index contributed by atoms with van der Waals surface area (Å²) >= 11 is 1.50. The van der Waals surface area contributed by atoms with Crippen LogP contribution < -0.4 is 5.32 Å². The molecule has 0 aliphatic carbocycles. The Morgan fingerprint density at radius 3 is 2.71 bits per heavy atom. The van der Waals surface area contributed by atoms with E-state index in [1.807, 2.05) is 6.26 Å². The van der Waals surface area contributed by atoms with Crippen molar-refractivity contribution >= 4 is 29.5 Å². The smallest absolute Gasteiger partial charge is 0.326 e. The van der Waals surface area contributed by atoms with Crippen LogP contribution in [0.3, 0.4) is 0 Å². The van der Waals surface area contributed by atoms with Crippen LogP contribution in [-0.2, 0) is 9.59 Å². The minimum absolute atomic E-state index is 0.127. The molecule has 8 heteroatoms. The van der Waals surface area contributed by atoms with E-state index in [1.165, 1.54) is 36.0 Å². The summed E-state index contributed by atoms with van der Waals surface area (Å²) in [5, 5.41) is 11.4. The first-order chi connectivity index (χ1) is 9.95. The van der Waals surface area contributed by atoms with Gasteiger partial charge in [-0.25, -0.2) is 4.79 Å². The summed E-state index contributed by atoms with van der Waals surface area (Å²) < 4.78 is 4.95. The highest BCUT2D eigenvalue weighted by Crippen LogP contribution is 2.04. The van der Waals surface area contributed by atoms with Crippen molar-refractivity contribution in [1.82, 2.24) is 10.2 Å². The minimum Gasteiger partial charge on any atom is -0.480 e. The first-order valence-electron chi connectivity index (χ1n) is 6.25. The second kappa shape index (κ2) is 8.35. The summed E-state index contributed by atoms with van der Waals surface area (Å²) in [7, 11) is 1.45. The normalized spacial score (nSPS) is 11.7. The van der Waals surface area contributed by atoms with Crippen molar-refractivity contribution in [3.8, 4) is 0 Å². The van der Waals surface area contributed by atoms with E-state index in [2.05, 4.69) is 5.32 Å². The molecule has 2 amide bonds. The van der Waals surface area contributed by atoms with E-state index in [1.54, 1.807) is 6.07 Å². The van der Waals surface area contributed by atoms with E-state index in [-0.39, 0.29) is 12.3 Å². The molecule has 1 rings (SSSR count). The van der Waals surface area contributed by atoms with Crippen LogP contribution in [-0.4, -0.2) is 59.4 Å². The maximum Gasteiger partial charge on any atom is 0.326 e. The number of hydrogen-bond acceptors (Lipinski definition) is 5. The van der Waals surface area contributed by atoms with Gasteiger partial charge >= 0.3 is 5.97 Å². The van der Waals surface area contributed by atoms with E-state index >= 15 is 0 Å². The standard InChI is InChI=1S/C13H18N2O5S/c1-15(12(17)10-4-3-6-20-10)8-11(16)14-9(13(18)19)5-7-21-2/h3-4,6,9H,5,7-8H2,1-2H3,(H,14,16)(H,18,19)/t9-/m1/s1. The van der Waals surface area contributed by atoms with E-state index in [4.69, 9.17) is 9.52 Å². The fourth-order valence-electron chi connectivity index (χ4n) is 1.61. The predicted molar refractivity (Wildman–Crippen MR) is 78.2 cm³/mol. The highest BCUT2D eigenvalue weighted by Gasteiger charge is 2.22. The van der Waals surface area contributed by atoms with Crippen LogP contribution >= 0.6 is 11.8 Å². The van der Waals surface area contributed by atoms with Crippen LogP contribution in [0.2, 0.25) is 0 Å². The van der Waals surface area contributed by atoms with Gasteiger partial charge in [0.1, 0.15) is 6.04 Å². The number of furan rings is 1. The van der Waals surface area contributed by atoms with Crippen LogP contribution in [0.1, 0.15) is 17.0 Å². The summed E-state index contributed by atoms with van der Waals surface area (Å²) in [6.07, 6.45) is 3.55. The molecule has 7 nitrogen and oxygen atoms in total. The molecule has 2 N–H and O–H groups in total. The number of nitrogens with one attached hydrogen (secondary N) is 1. The van der Waals surface area contributed by atoms with Crippen LogP contribution in [0, 0.1) is 0 Å². The van der Waals surface area contributed by atoms with E-state index < -0.39 is 23.8 Å². The molecule has 0 saturated carbocycles. The van der Waals surface area contributed by atoms with Crippen LogP contribution in [0.4, 0.5) is 0 Å². The van der Waals surface area contributed by atoms with E-state index in [9.17, 15) is 14.4 Å². The molecule has 1 aromatic heterocycles. The lowest BCUT2D eigenvalue weighted by Gasteiger charge is -2.18. The minimum atomic E-state index is -1.09. The molecular formula is C13H18N2O5S. The van der Waals surface area contributed by atoms with Gasteiger partial charge in [-0.05, 0) is 30.6 Å². The fourth-order valence-corrected chi connectivity index (χ4v) is 2.08. The van der Waals surface area contributed by atoms with Crippen molar-refractivity contribution in [2.75, 3.05) is 25.6 Å². The number of likely N-dealkylation sites (N-methyl/N-ethyl adjacent to an activating group) is 1. The van der Waals surface area contributed by atoms with Gasteiger partial charge in [0.15, 0.2) is 5.76 Å². The number of carbonyl (C=O) groups is 3. The summed E-state index contributed by atoms with van der Waals surface area (Å²) in [4.78, 5) is 35.9. The van der Waals surface area contributed by atoms with Gasteiger partial charge in [0.05, 0.1) is 12.8 Å². The van der Waals surface area contributed by atoms with Crippen molar-refractivity contribution in [3.63, 3.8) is 0 Å². The number of rotatable bonds is 8. The van der Waals surface area contributed by atoms with Gasteiger partial charge in [0.2, 0.25) is 5.91 Å². The van der Waals surface area contributed by atoms with Crippen LogP contribution in [0.15, 0.2) is 22.8 Å². The summed E-state index contributed by atoms with van der Waals surface area (Å²) in [5.41, 5.74) is 0. The molecule has 0 aliphatic heterocycles. The Bertz CT molecular complexity index is 489. The Labute approximate surface area is 126 Å². The molecule has 0 unspecified atom stereocenters. The lowest BCUT2D eigenvalue weighted by Crippen LogP contribution is -2.46. The average Bonchev–Trinajstić information content (AvgIpc) is 2.96. The number of carbonyl (C=O) groups excluding carboxylic acids is 2. The Morgan fingerprint density at radius 1 is 1.48 bits per heavy atom. The number of carboxylic acid groups (broad SMARTS) is 1. The predicted octanol–water partition coefficient (Wildman–Crippen LogP) is 0.674. The topological polar surface area (TPSA) is 99.9 Å². The highest BCUT2D eigenvalue weighted by atomic mass is 32.2. The maximum atomic E-state index is 11.9. The first-order valence-corrected chi connectivity index (χ1v) is 7.65. The molecule has 1 heterocycles. The van der Waals surface area contributed by atoms with Crippen molar-refractivity contribution in [1.29, 1.82) is 0 Å². The van der Waals surface area contributed by atoms with Crippen molar-refractivity contribution in [2.45, 2.75) is 12.5 Å². The molecule has 0 aromatic carbocycles. The van der Waals surface area contributed by atoms with E-state index in [0.717, 1.165) is 0 Å². The first kappa shape index (κ1) is 17.1. The molecule has 0 radical (unpaired) electrons. The van der Waals surface area contributed by atoms with Gasteiger partial charge in [-0.2, -0.15) is 11.8 Å². The molecule has 1 atom stereocenters. The van der Waals surface area contributed by atoms with Gasteiger partial charge in [-0.1, -0.05) is 0 Å². The van der Waals surface area contributed by atoms with Crippen molar-refractivity contribution in [3.05, 3.63) is 24.2 Å². The van der Waals surface area contributed by atoms with Crippen LogP contribution in [0.5, 0.6) is 0 Å². The third-order valence-corrected chi connectivity index (χ3v) is 3.35. The second-order valence-electron chi connectivity index (χ2n) is 4.38. The average molecular weight is 314 g/mol. The zero-order valence-corrected chi connectivity index (χ0v) is 12.7. The third-order valence-electron chi connectivity index (χ3n) is 2.70. The fraction of sp³-hybridized carbons (Fsp3) is 0.462. The van der Waals surface area contributed by atoms with Gasteiger partial charge in [-0.3, -0.25) is 9.59 Å². The summed E-state index contributed by atoms with van der Waals surface area (Å²) in [6.45, 7) is -0.234. The van der Waals surface area contributed by atoms with Crippen LogP contribution in [0.25, 0.3) is 0 Å². The summed E-state index contributed by atoms with van der Waals surface area (Å²) in [5.74, 6) is -1.30. The Hall–Kier alpha value is -1.96. The molecule has 0 fully saturated rings. The lowest BCUT2D eigenvalue weighted by atomic mass is 10.2. The Kier molecular flexibility index (Phi) is 6.80. The summed E-state index contributed by atoms with van der Waals surface area (Å²) in [6, 6.07) is 2.12. The number of nitrogens with zero attached hydrogens (tertiary/aromatic N) is 1. The number of carboxylic acids is 1. The van der Waals surface area contributed by atoms with Gasteiger partial charge in [-0.15, -0.1) is 0 Å². The Balaban J connectivity index is 2.51. The van der Waals surface area contributed by atoms with Gasteiger partial charge < -0.3 is 19.7 Å². The number of amides is 2. The molecule has 0 bridgehead atoms. The zero-order valence-electron chi connectivity index (χ0n) is 11.9. The highest BCUT2D eigenvalue weighted by molar-refractivity contribution is 7.98. The molecule has 1 aromatic rings. The SMILES string of the molecule is CSCC[C@@H](NC(=O)CN(C)C(=O)c1ccco1)C(=O)O. The number of hydrogen-bond donors (Lipinski definition) is 2. The molecule has 0 spiro atoms. The maximum absolute atomic E-state index is 11.9. The monoisotopic (exact) mass is 314 g/mol. The third kappa shape index (κ3) is 5.50. The van der Waals surface area contributed by atoms with Crippen molar-refractivity contribution < 1.29 is 23.9 Å². The number of aliphatic carboxylic acids is 1. The largest absolute Gasteiger partial charge is 0.480 e. The molecular weight excluding hydrogens is 296 g/mol. The van der Waals surface area contributed by atoms with Crippen molar-refractivity contribution in [2.24, 2.45) is 0 Å². The molecule has 116 valence electrons. The quantitative estimate of drug-likeness (QED) is 0.732. The lowest BCUT2D eigenvalue weighted by molar-refractivity contribution is -0.141. The van der Waals surface area contributed by atoms with Gasteiger partial charge in [0.25, 0.3) is 5.91 Å².